The van der Waals surface area contributed by atoms with Crippen LogP contribution in [0.2, 0.25) is 0 Å². The fourth-order valence-electron chi connectivity index (χ4n) is 6.16. The molecule has 1 heterocycles. The van der Waals surface area contributed by atoms with Crippen LogP contribution in [0.4, 0.5) is 5.69 Å². The van der Waals surface area contributed by atoms with Crippen molar-refractivity contribution < 1.29 is 19.2 Å². The van der Waals surface area contributed by atoms with E-state index in [-0.39, 0.29) is 42.6 Å². The van der Waals surface area contributed by atoms with Crippen molar-refractivity contribution in [3.05, 3.63) is 29.3 Å². The zero-order chi connectivity index (χ0) is 23.7. The average molecular weight is 438 g/mol. The molecule has 0 N–H and O–H groups in total. The number of rotatable bonds is 1. The Morgan fingerprint density at radius 3 is 1.50 bits per heavy atom. The Morgan fingerprint density at radius 2 is 1.09 bits per heavy atom. The fraction of sp³-hybridized carbons (Fsp3) is 0.630. The van der Waals surface area contributed by atoms with Gasteiger partial charge in [-0.2, -0.15) is 0 Å². The van der Waals surface area contributed by atoms with Crippen molar-refractivity contribution in [1.82, 2.24) is 0 Å². The average Bonchev–Trinajstić information content (AvgIpc) is 2.65. The molecule has 2 saturated carbocycles. The first-order valence-electron chi connectivity index (χ1n) is 11.7. The highest BCUT2D eigenvalue weighted by molar-refractivity contribution is 6.15. The Morgan fingerprint density at radius 1 is 0.688 bits per heavy atom. The highest BCUT2D eigenvalue weighted by atomic mass is 16.2. The summed E-state index contributed by atoms with van der Waals surface area (Å²) in [6.45, 7) is 12.2. The molecule has 0 amide bonds. The van der Waals surface area contributed by atoms with Crippen LogP contribution in [0.15, 0.2) is 18.2 Å². The molecule has 4 rings (SSSR count). The Labute approximate surface area is 190 Å². The molecule has 1 saturated heterocycles. The van der Waals surface area contributed by atoms with Crippen LogP contribution < -0.4 is 4.90 Å². The number of aryl methyl sites for hydroxylation is 2. The third kappa shape index (κ3) is 3.54. The van der Waals surface area contributed by atoms with E-state index in [0.29, 0.717) is 25.7 Å². The maximum Gasteiger partial charge on any atom is 0.148 e. The van der Waals surface area contributed by atoms with Crippen LogP contribution in [-0.4, -0.2) is 36.2 Å². The van der Waals surface area contributed by atoms with Crippen molar-refractivity contribution >= 4 is 28.8 Å². The summed E-state index contributed by atoms with van der Waals surface area (Å²) in [7, 11) is 0. The maximum atomic E-state index is 13.6. The van der Waals surface area contributed by atoms with Gasteiger partial charge in [0.15, 0.2) is 0 Å². The quantitative estimate of drug-likeness (QED) is 0.609. The molecule has 0 atom stereocenters. The number of benzene rings is 1. The molecule has 1 aromatic carbocycles. The Bertz CT molecular complexity index is 936. The van der Waals surface area contributed by atoms with Gasteiger partial charge in [-0.25, -0.2) is 0 Å². The summed E-state index contributed by atoms with van der Waals surface area (Å²) in [6, 6.07) is 6.07. The Balaban J connectivity index is 1.87. The van der Waals surface area contributed by atoms with Crippen molar-refractivity contribution in [1.29, 1.82) is 0 Å². The number of nitrogens with zero attached hydrogens (tertiary/aromatic N) is 1. The van der Waals surface area contributed by atoms with E-state index in [9.17, 15) is 19.2 Å². The van der Waals surface area contributed by atoms with Gasteiger partial charge in [-0.1, -0.05) is 39.8 Å². The molecule has 0 bridgehead atoms. The molecule has 3 aliphatic rings. The van der Waals surface area contributed by atoms with E-state index >= 15 is 0 Å². The molecule has 2 spiro atoms. The molecule has 0 aromatic heterocycles. The Kier molecular flexibility index (Phi) is 5.07. The van der Waals surface area contributed by atoms with Gasteiger partial charge in [-0.3, -0.25) is 19.2 Å². The highest BCUT2D eigenvalue weighted by Gasteiger charge is 2.64. The smallest absolute Gasteiger partial charge is 0.148 e. The molecule has 5 nitrogen and oxygen atoms in total. The molecule has 2 aliphatic carbocycles. The third-order valence-corrected chi connectivity index (χ3v) is 7.92. The molecule has 1 aromatic rings. The second-order valence-electron chi connectivity index (χ2n) is 12.2. The molecule has 172 valence electrons. The summed E-state index contributed by atoms with van der Waals surface area (Å²) in [5, 5.41) is 0. The summed E-state index contributed by atoms with van der Waals surface area (Å²) in [6.07, 6.45) is 1.22. The van der Waals surface area contributed by atoms with E-state index in [1.807, 2.05) is 64.6 Å². The second-order valence-corrected chi connectivity index (χ2v) is 12.2. The van der Waals surface area contributed by atoms with Gasteiger partial charge in [0.1, 0.15) is 34.0 Å². The Hall–Kier alpha value is -2.30. The number of carbonyl (C=O) groups excluding carboxylic acids is 4. The monoisotopic (exact) mass is 437 g/mol. The number of hydrogen-bond donors (Lipinski definition) is 0. The lowest BCUT2D eigenvalue weighted by Gasteiger charge is -2.55. The first-order chi connectivity index (χ1) is 14.7. The standard InChI is InChI=1S/C27H35NO4/c1-17-7-8-18(2)19(9-17)28-15-26(20(29)10-24(3,4)11-21(26)30)14-27(16-28)22(31)12-25(5,6)13-23(27)32/h7-9H,10-16H2,1-6H3. The number of hydrogen-bond acceptors (Lipinski definition) is 5. The predicted octanol–water partition coefficient (Wildman–Crippen LogP) is 4.40. The van der Waals surface area contributed by atoms with Crippen molar-refractivity contribution in [2.24, 2.45) is 21.7 Å². The summed E-state index contributed by atoms with van der Waals surface area (Å²) in [4.78, 5) is 56.5. The normalized spacial score (nSPS) is 26.1. The molecular weight excluding hydrogens is 402 g/mol. The van der Waals surface area contributed by atoms with Gasteiger partial charge in [-0.05, 0) is 48.3 Å². The first kappa shape index (κ1) is 22.9. The van der Waals surface area contributed by atoms with E-state index in [1.165, 1.54) is 0 Å². The summed E-state index contributed by atoms with van der Waals surface area (Å²) in [5.74, 6) is -0.450. The largest absolute Gasteiger partial charge is 0.368 e. The van der Waals surface area contributed by atoms with Gasteiger partial charge in [0.2, 0.25) is 0 Å². The van der Waals surface area contributed by atoms with Gasteiger partial charge < -0.3 is 4.90 Å². The van der Waals surface area contributed by atoms with Crippen LogP contribution in [0.3, 0.4) is 0 Å². The third-order valence-electron chi connectivity index (χ3n) is 7.92. The van der Waals surface area contributed by atoms with E-state index in [4.69, 9.17) is 0 Å². The van der Waals surface area contributed by atoms with Crippen LogP contribution in [-0.2, 0) is 19.2 Å². The zero-order valence-electron chi connectivity index (χ0n) is 20.3. The molecule has 3 fully saturated rings. The van der Waals surface area contributed by atoms with E-state index in [1.54, 1.807) is 0 Å². The summed E-state index contributed by atoms with van der Waals surface area (Å²) in [5.41, 5.74) is -0.403. The van der Waals surface area contributed by atoms with E-state index in [2.05, 4.69) is 0 Å². The minimum absolute atomic E-state index is 0.0445. The van der Waals surface area contributed by atoms with Crippen LogP contribution in [0.25, 0.3) is 0 Å². The first-order valence-corrected chi connectivity index (χ1v) is 11.7. The summed E-state index contributed by atoms with van der Waals surface area (Å²) < 4.78 is 0. The zero-order valence-corrected chi connectivity index (χ0v) is 20.3. The van der Waals surface area contributed by atoms with Crippen molar-refractivity contribution in [2.75, 3.05) is 18.0 Å². The predicted molar refractivity (Wildman–Crippen MR) is 124 cm³/mol. The number of ketones is 4. The number of piperidine rings is 1. The molecule has 0 radical (unpaired) electrons. The minimum Gasteiger partial charge on any atom is -0.368 e. The van der Waals surface area contributed by atoms with Crippen molar-refractivity contribution in [3.63, 3.8) is 0 Å². The van der Waals surface area contributed by atoms with Gasteiger partial charge in [-0.15, -0.1) is 0 Å². The molecule has 5 heteroatoms. The fourth-order valence-corrected chi connectivity index (χ4v) is 6.16. The summed E-state index contributed by atoms with van der Waals surface area (Å²) >= 11 is 0. The van der Waals surface area contributed by atoms with Crippen LogP contribution in [0, 0.1) is 35.5 Å². The minimum atomic E-state index is -1.29. The van der Waals surface area contributed by atoms with Crippen molar-refractivity contribution in [3.8, 4) is 0 Å². The van der Waals surface area contributed by atoms with Gasteiger partial charge in [0.25, 0.3) is 0 Å². The molecule has 1 aliphatic heterocycles. The molecule has 32 heavy (non-hydrogen) atoms. The van der Waals surface area contributed by atoms with Crippen molar-refractivity contribution in [2.45, 2.75) is 73.6 Å². The lowest BCUT2D eigenvalue weighted by atomic mass is 9.51. The van der Waals surface area contributed by atoms with Crippen LogP contribution in [0.5, 0.6) is 0 Å². The SMILES string of the molecule is Cc1ccc(C)c(N2CC3(CC4(C2)C(=O)CC(C)(C)CC4=O)C(=O)CC(C)(C)CC3=O)c1. The lowest BCUT2D eigenvalue weighted by Crippen LogP contribution is -2.67. The van der Waals surface area contributed by atoms with Crippen LogP contribution >= 0.6 is 0 Å². The molecular formula is C27H35NO4. The van der Waals surface area contributed by atoms with Crippen LogP contribution in [0.1, 0.15) is 70.9 Å². The van der Waals surface area contributed by atoms with Gasteiger partial charge >= 0.3 is 0 Å². The number of anilines is 1. The lowest BCUT2D eigenvalue weighted by molar-refractivity contribution is -0.159. The van der Waals surface area contributed by atoms with Gasteiger partial charge in [0, 0.05) is 44.5 Å². The number of Topliss-reactive ketones (excluding diaryl/α,β-unsaturated/α-hetero) is 4. The second kappa shape index (κ2) is 7.10. The highest BCUT2D eigenvalue weighted by Crippen LogP contribution is 2.54. The van der Waals surface area contributed by atoms with Gasteiger partial charge in [0.05, 0.1) is 0 Å². The van der Waals surface area contributed by atoms with E-state index in [0.717, 1.165) is 16.8 Å². The number of carbonyl (C=O) groups is 4. The maximum absolute atomic E-state index is 13.6. The van der Waals surface area contributed by atoms with E-state index < -0.39 is 21.7 Å². The molecule has 0 unspecified atom stereocenters. The topological polar surface area (TPSA) is 71.5 Å².